The fourth-order valence-electron chi connectivity index (χ4n) is 3.10. The summed E-state index contributed by atoms with van der Waals surface area (Å²) >= 11 is 0. The Morgan fingerprint density at radius 3 is 2.53 bits per heavy atom. The third-order valence-electron chi connectivity index (χ3n) is 4.46. The van der Waals surface area contributed by atoms with Crippen LogP contribution in [0.5, 0.6) is 0 Å². The van der Waals surface area contributed by atoms with Crippen LogP contribution in [0.4, 0.5) is 0 Å². The van der Waals surface area contributed by atoms with Gasteiger partial charge in [0.05, 0.1) is 0 Å². The quantitative estimate of drug-likeness (QED) is 0.728. The average molecular weight is 211 g/mol. The zero-order valence-electron chi connectivity index (χ0n) is 11.1. The van der Waals surface area contributed by atoms with E-state index in [4.69, 9.17) is 0 Å². The first-order valence-electron chi connectivity index (χ1n) is 6.92. The summed E-state index contributed by atoms with van der Waals surface area (Å²) in [6, 6.07) is 0.690. The Morgan fingerprint density at radius 1 is 1.20 bits per heavy atom. The van der Waals surface area contributed by atoms with Crippen molar-refractivity contribution in [3.63, 3.8) is 0 Å². The molecule has 1 nitrogen and oxygen atoms in total. The van der Waals surface area contributed by atoms with E-state index in [-0.39, 0.29) is 0 Å². The number of rotatable bonds is 5. The summed E-state index contributed by atoms with van der Waals surface area (Å²) in [5.41, 5.74) is 0. The van der Waals surface area contributed by atoms with Crippen molar-refractivity contribution >= 4 is 0 Å². The van der Waals surface area contributed by atoms with Gasteiger partial charge >= 0.3 is 0 Å². The zero-order chi connectivity index (χ0) is 11.3. The van der Waals surface area contributed by atoms with Crippen LogP contribution in [0.2, 0.25) is 0 Å². The van der Waals surface area contributed by atoms with Gasteiger partial charge in [-0.3, -0.25) is 0 Å². The fraction of sp³-hybridized carbons (Fsp3) is 1.00. The van der Waals surface area contributed by atoms with Crippen molar-refractivity contribution in [2.45, 2.75) is 65.8 Å². The van der Waals surface area contributed by atoms with Crippen LogP contribution in [0.15, 0.2) is 0 Å². The minimum absolute atomic E-state index is 0.690. The molecule has 1 fully saturated rings. The van der Waals surface area contributed by atoms with Crippen LogP contribution in [0, 0.1) is 17.8 Å². The third kappa shape index (κ3) is 3.79. The maximum atomic E-state index is 3.58. The van der Waals surface area contributed by atoms with E-state index in [9.17, 15) is 0 Å². The highest BCUT2D eigenvalue weighted by atomic mass is 14.9. The predicted octanol–water partition coefficient (Wildman–Crippen LogP) is 3.84. The molecule has 0 aromatic carbocycles. The Hall–Kier alpha value is -0.0400. The summed E-state index contributed by atoms with van der Waals surface area (Å²) in [7, 11) is 0. The standard InChI is InChI=1S/C14H29N/c1-5-13-8-7-9-14(10-13)11(3)12(4)15-6-2/h11-15H,5-10H2,1-4H3. The number of nitrogens with one attached hydrogen (secondary N) is 1. The summed E-state index contributed by atoms with van der Waals surface area (Å²) in [4.78, 5) is 0. The SMILES string of the molecule is CCNC(C)C(C)C1CCCC(CC)C1. The Bertz CT molecular complexity index is 167. The summed E-state index contributed by atoms with van der Waals surface area (Å²) < 4.78 is 0. The summed E-state index contributed by atoms with van der Waals surface area (Å²) in [5, 5.41) is 3.58. The molecular formula is C14H29N. The molecule has 1 heteroatoms. The van der Waals surface area contributed by atoms with E-state index in [2.05, 4.69) is 33.0 Å². The maximum absolute atomic E-state index is 3.58. The smallest absolute Gasteiger partial charge is 0.00668 e. The van der Waals surface area contributed by atoms with Crippen molar-refractivity contribution in [2.75, 3.05) is 6.54 Å². The highest BCUT2D eigenvalue weighted by molar-refractivity contribution is 4.80. The number of hydrogen-bond acceptors (Lipinski definition) is 1. The molecule has 4 atom stereocenters. The second kappa shape index (κ2) is 6.52. The first-order chi connectivity index (χ1) is 7.19. The first kappa shape index (κ1) is 13.0. The van der Waals surface area contributed by atoms with E-state index in [0.29, 0.717) is 6.04 Å². The highest BCUT2D eigenvalue weighted by Crippen LogP contribution is 2.36. The highest BCUT2D eigenvalue weighted by Gasteiger charge is 2.27. The van der Waals surface area contributed by atoms with Gasteiger partial charge in [-0.2, -0.15) is 0 Å². The molecule has 90 valence electrons. The summed E-state index contributed by atoms with van der Waals surface area (Å²) in [6.45, 7) is 10.5. The van der Waals surface area contributed by atoms with Crippen molar-refractivity contribution in [3.8, 4) is 0 Å². The lowest BCUT2D eigenvalue weighted by molar-refractivity contribution is 0.174. The Kier molecular flexibility index (Phi) is 5.66. The average Bonchev–Trinajstić information content (AvgIpc) is 2.28. The summed E-state index contributed by atoms with van der Waals surface area (Å²) in [6.07, 6.45) is 7.28. The minimum Gasteiger partial charge on any atom is -0.314 e. The molecule has 1 aliphatic carbocycles. The van der Waals surface area contributed by atoms with Gasteiger partial charge in [-0.15, -0.1) is 0 Å². The lowest BCUT2D eigenvalue weighted by atomic mass is 9.73. The largest absolute Gasteiger partial charge is 0.314 e. The van der Waals surface area contributed by atoms with E-state index < -0.39 is 0 Å². The topological polar surface area (TPSA) is 12.0 Å². The van der Waals surface area contributed by atoms with Crippen molar-refractivity contribution in [1.82, 2.24) is 5.32 Å². The molecule has 0 aromatic rings. The van der Waals surface area contributed by atoms with Gasteiger partial charge in [-0.25, -0.2) is 0 Å². The molecule has 0 amide bonds. The molecule has 0 spiro atoms. The van der Waals surface area contributed by atoms with Gasteiger partial charge in [0.25, 0.3) is 0 Å². The Morgan fingerprint density at radius 2 is 1.93 bits per heavy atom. The molecular weight excluding hydrogens is 182 g/mol. The van der Waals surface area contributed by atoms with Gasteiger partial charge < -0.3 is 5.32 Å². The predicted molar refractivity (Wildman–Crippen MR) is 68.0 cm³/mol. The van der Waals surface area contributed by atoms with Crippen LogP contribution < -0.4 is 5.32 Å². The Balaban J connectivity index is 2.40. The molecule has 4 unspecified atom stereocenters. The van der Waals surface area contributed by atoms with Crippen LogP contribution >= 0.6 is 0 Å². The molecule has 15 heavy (non-hydrogen) atoms. The summed E-state index contributed by atoms with van der Waals surface area (Å²) in [5.74, 6) is 2.83. The molecule has 0 radical (unpaired) electrons. The van der Waals surface area contributed by atoms with E-state index >= 15 is 0 Å². The van der Waals surface area contributed by atoms with Crippen LogP contribution in [0.1, 0.15) is 59.8 Å². The molecule has 1 saturated carbocycles. The van der Waals surface area contributed by atoms with Crippen LogP contribution in [-0.4, -0.2) is 12.6 Å². The third-order valence-corrected chi connectivity index (χ3v) is 4.46. The van der Waals surface area contributed by atoms with E-state index in [0.717, 1.165) is 24.3 Å². The molecule has 1 rings (SSSR count). The molecule has 0 aromatic heterocycles. The Labute approximate surface area is 96.0 Å². The lowest BCUT2D eigenvalue weighted by Gasteiger charge is -2.35. The molecule has 0 bridgehead atoms. The second-order valence-electron chi connectivity index (χ2n) is 5.41. The molecule has 0 saturated heterocycles. The van der Waals surface area contributed by atoms with E-state index in [1.165, 1.54) is 32.1 Å². The van der Waals surface area contributed by atoms with E-state index in [1.807, 2.05) is 0 Å². The van der Waals surface area contributed by atoms with Gasteiger partial charge in [-0.05, 0) is 37.6 Å². The molecule has 0 aliphatic heterocycles. The normalized spacial score (nSPS) is 31.2. The van der Waals surface area contributed by atoms with Gasteiger partial charge in [0.15, 0.2) is 0 Å². The monoisotopic (exact) mass is 211 g/mol. The van der Waals surface area contributed by atoms with E-state index in [1.54, 1.807) is 0 Å². The fourth-order valence-corrected chi connectivity index (χ4v) is 3.10. The van der Waals surface area contributed by atoms with Crippen molar-refractivity contribution in [1.29, 1.82) is 0 Å². The van der Waals surface area contributed by atoms with Crippen LogP contribution in [-0.2, 0) is 0 Å². The first-order valence-corrected chi connectivity index (χ1v) is 6.92. The van der Waals surface area contributed by atoms with Gasteiger partial charge in [0, 0.05) is 6.04 Å². The van der Waals surface area contributed by atoms with Crippen molar-refractivity contribution in [2.24, 2.45) is 17.8 Å². The van der Waals surface area contributed by atoms with Crippen molar-refractivity contribution in [3.05, 3.63) is 0 Å². The minimum atomic E-state index is 0.690. The second-order valence-corrected chi connectivity index (χ2v) is 5.41. The molecule has 0 heterocycles. The van der Waals surface area contributed by atoms with Gasteiger partial charge in [-0.1, -0.05) is 46.5 Å². The van der Waals surface area contributed by atoms with Crippen LogP contribution in [0.3, 0.4) is 0 Å². The molecule has 1 aliphatic rings. The van der Waals surface area contributed by atoms with Crippen molar-refractivity contribution < 1.29 is 0 Å². The van der Waals surface area contributed by atoms with Gasteiger partial charge in [0.2, 0.25) is 0 Å². The van der Waals surface area contributed by atoms with Gasteiger partial charge in [0.1, 0.15) is 0 Å². The van der Waals surface area contributed by atoms with Crippen LogP contribution in [0.25, 0.3) is 0 Å². The molecule has 1 N–H and O–H groups in total. The number of hydrogen-bond donors (Lipinski definition) is 1. The maximum Gasteiger partial charge on any atom is 0.00668 e. The zero-order valence-corrected chi connectivity index (χ0v) is 11.1. The lowest BCUT2D eigenvalue weighted by Crippen LogP contribution is -2.37.